The predicted molar refractivity (Wildman–Crippen MR) is 261 cm³/mol. The molecule has 0 aromatic heterocycles. The van der Waals surface area contributed by atoms with Gasteiger partial charge < -0.3 is 50.7 Å². The molecule has 1 heterocycles. The normalized spacial score (nSPS) is 36.1. The van der Waals surface area contributed by atoms with Crippen LogP contribution in [-0.2, 0) is 27.1 Å². The van der Waals surface area contributed by atoms with Crippen LogP contribution in [0.15, 0.2) is 95.2 Å². The minimum absolute atomic E-state index is 0.0601. The molecule has 1 aliphatic heterocycles. The molecule has 1 aromatic carbocycles. The summed E-state index contributed by atoms with van der Waals surface area (Å²) in [5.74, 6) is -0.664. The first-order chi connectivity index (χ1) is 31.8. The fraction of sp³-hybridized carbons (Fsp3) is 0.655. The van der Waals surface area contributed by atoms with E-state index in [1.54, 1.807) is 7.11 Å². The number of rotatable bonds is 19. The van der Waals surface area contributed by atoms with Gasteiger partial charge in [0.2, 0.25) is 0 Å². The summed E-state index contributed by atoms with van der Waals surface area (Å²) in [6, 6.07) is 8.93. The highest BCUT2D eigenvalue weighted by Crippen LogP contribution is 2.67. The van der Waals surface area contributed by atoms with E-state index < -0.39 is 35.7 Å². The zero-order valence-corrected chi connectivity index (χ0v) is 40.3. The van der Waals surface area contributed by atoms with Gasteiger partial charge in [-0.3, -0.25) is 4.79 Å². The van der Waals surface area contributed by atoms with Crippen molar-refractivity contribution in [2.45, 2.75) is 127 Å². The van der Waals surface area contributed by atoms with E-state index in [0.717, 1.165) is 80.9 Å². The number of aldehydes is 1. The van der Waals surface area contributed by atoms with Crippen LogP contribution in [0.25, 0.3) is 0 Å². The first-order valence-corrected chi connectivity index (χ1v) is 24.9. The van der Waals surface area contributed by atoms with E-state index in [2.05, 4.69) is 72.7 Å². The second-order valence-electron chi connectivity index (χ2n) is 20.6. The van der Waals surface area contributed by atoms with Crippen LogP contribution >= 0.6 is 0 Å². The molecular weight excluding hydrogens is 833 g/mol. The Morgan fingerprint density at radius 1 is 1.12 bits per heavy atom. The summed E-state index contributed by atoms with van der Waals surface area (Å²) in [6.07, 6.45) is 20.5. The van der Waals surface area contributed by atoms with Crippen molar-refractivity contribution in [3.05, 3.63) is 106 Å². The number of aliphatic hydroxyl groups excluding tert-OH is 5. The van der Waals surface area contributed by atoms with Gasteiger partial charge in [0.15, 0.2) is 0 Å². The maximum Gasteiger partial charge on any atom is 0.145 e. The molecule has 66 heavy (non-hydrogen) atoms. The van der Waals surface area contributed by atoms with Crippen molar-refractivity contribution in [3.8, 4) is 0 Å². The topological polar surface area (TPSA) is 181 Å². The van der Waals surface area contributed by atoms with Crippen molar-refractivity contribution in [1.29, 1.82) is 0 Å². The minimum Gasteiger partial charge on any atom is -0.396 e. The summed E-state index contributed by atoms with van der Waals surface area (Å²) >= 11 is 0. The van der Waals surface area contributed by atoms with Crippen LogP contribution < -0.4 is 10.6 Å². The number of carbonyl (C=O) groups excluding carboxylic acids is 1. The monoisotopic (exact) mass is 915 g/mol. The SMILES string of the molecule is C=C(/C=C/C=C(/COC[C@H](O)CO)[C@@H]1CC[C@]2([C@@H]1O)[C@@H]1C(=C(C)C=O)[C@@H](C=C[C@@H]1CCO)C[C@]2(O)CCNC)[C@H]1C/C=C(\C)CN[C@@](CCOC)([C@H]2CCC[C@H](O)C2)Cc2cccc(c2)C1. The molecule has 3 saturated carbocycles. The quantitative estimate of drug-likeness (QED) is 0.0360. The Balaban J connectivity index is 1.31. The third-order valence-electron chi connectivity index (χ3n) is 16.4. The molecule has 1 aromatic rings. The van der Waals surface area contributed by atoms with Crippen LogP contribution in [-0.4, -0.2) is 127 Å². The van der Waals surface area contributed by atoms with E-state index in [4.69, 9.17) is 9.47 Å². The molecule has 4 aliphatic carbocycles. The van der Waals surface area contributed by atoms with Crippen molar-refractivity contribution in [2.75, 3.05) is 60.3 Å². The highest BCUT2D eigenvalue weighted by molar-refractivity contribution is 5.74. The smallest absolute Gasteiger partial charge is 0.145 e. The maximum absolute atomic E-state index is 13.0. The number of hydrogen-bond donors (Lipinski definition) is 8. The average Bonchev–Trinajstić information content (AvgIpc) is 3.66. The van der Waals surface area contributed by atoms with E-state index in [-0.39, 0.29) is 55.1 Å². The second kappa shape index (κ2) is 24.0. The number of benzene rings is 1. The molecule has 1 spiro atoms. The van der Waals surface area contributed by atoms with Crippen LogP contribution in [0.3, 0.4) is 0 Å². The van der Waals surface area contributed by atoms with Gasteiger partial charge in [0, 0.05) is 49.7 Å². The summed E-state index contributed by atoms with van der Waals surface area (Å²) in [4.78, 5) is 12.5. The Morgan fingerprint density at radius 2 is 1.92 bits per heavy atom. The molecule has 11 nitrogen and oxygen atoms in total. The number of aliphatic hydroxyl groups is 6. The first kappa shape index (κ1) is 52.3. The van der Waals surface area contributed by atoms with E-state index in [0.29, 0.717) is 56.7 Å². The van der Waals surface area contributed by atoms with E-state index in [1.807, 2.05) is 26.1 Å². The van der Waals surface area contributed by atoms with Gasteiger partial charge in [-0.05, 0) is 150 Å². The molecule has 0 unspecified atom stereocenters. The van der Waals surface area contributed by atoms with Crippen molar-refractivity contribution in [1.82, 2.24) is 10.6 Å². The number of fused-ring (bicyclic) bond motifs is 5. The average molecular weight is 915 g/mol. The Kier molecular flexibility index (Phi) is 19.0. The zero-order chi connectivity index (χ0) is 47.5. The molecule has 5 aliphatic rings. The standard InChI is InChI=1S/C55H82N2O9/c1-37-15-16-43(28-40-10-7-11-41(27-40)30-53(57-32-37,23-26-65-5)46-13-8-14-47(61)29-46)38(2)9-6-12-45(35-66-36-48(62)34-60)49-19-21-55(52(49)63)51-42(20-25-58)17-18-44(50(51)39(3)33-59)31-54(55,64)22-24-56-4/h6-7,9-12,15,17-18,27,33,42-44,46-49,51-52,56-58,60-64H,2,8,13-14,16,19-26,28-32,34-36H2,1,3-5H3/b9-6+,37-15+,45-12-,50-39?/t42-,43+,44+,46+,47+,48-,49+,51+,52-,53-,54-,55-/m1/s1. The predicted octanol–water partition coefficient (Wildman–Crippen LogP) is 5.88. The molecule has 366 valence electrons. The first-order valence-electron chi connectivity index (χ1n) is 24.9. The van der Waals surface area contributed by atoms with Gasteiger partial charge in [0.05, 0.1) is 37.6 Å². The van der Waals surface area contributed by atoms with E-state index in [1.165, 1.54) is 16.7 Å². The summed E-state index contributed by atoms with van der Waals surface area (Å²) in [5, 5.41) is 74.1. The number of allylic oxidation sites excluding steroid dienone is 9. The largest absolute Gasteiger partial charge is 0.396 e. The number of nitrogens with one attached hydrogen (secondary N) is 2. The number of methoxy groups -OCH3 is 1. The Bertz CT molecular complexity index is 1940. The van der Waals surface area contributed by atoms with Crippen LogP contribution in [0.4, 0.5) is 0 Å². The molecule has 0 saturated heterocycles. The molecule has 0 amide bonds. The number of hydrogen-bond acceptors (Lipinski definition) is 11. The lowest BCUT2D eigenvalue weighted by Crippen LogP contribution is -2.65. The van der Waals surface area contributed by atoms with Crippen LogP contribution in [0, 0.1) is 40.9 Å². The van der Waals surface area contributed by atoms with Gasteiger partial charge >= 0.3 is 0 Å². The second-order valence-corrected chi connectivity index (χ2v) is 20.6. The Morgan fingerprint density at radius 3 is 2.65 bits per heavy atom. The summed E-state index contributed by atoms with van der Waals surface area (Å²) in [5.41, 5.74) is 4.63. The zero-order valence-electron chi connectivity index (χ0n) is 40.3. The Labute approximate surface area is 394 Å². The van der Waals surface area contributed by atoms with Gasteiger partial charge in [-0.25, -0.2) is 0 Å². The van der Waals surface area contributed by atoms with Crippen LogP contribution in [0.5, 0.6) is 0 Å². The van der Waals surface area contributed by atoms with Crippen molar-refractivity contribution < 1.29 is 44.9 Å². The molecule has 3 fully saturated rings. The van der Waals surface area contributed by atoms with Crippen molar-refractivity contribution in [2.24, 2.45) is 40.9 Å². The van der Waals surface area contributed by atoms with Crippen LogP contribution in [0.1, 0.15) is 95.6 Å². The van der Waals surface area contributed by atoms with Gasteiger partial charge in [-0.1, -0.05) is 90.4 Å². The highest BCUT2D eigenvalue weighted by Gasteiger charge is 2.68. The van der Waals surface area contributed by atoms with Gasteiger partial charge in [0.25, 0.3) is 0 Å². The molecule has 0 radical (unpaired) electrons. The third-order valence-corrected chi connectivity index (χ3v) is 16.4. The molecule has 6 rings (SSSR count). The van der Waals surface area contributed by atoms with E-state index >= 15 is 0 Å². The van der Waals surface area contributed by atoms with Crippen LogP contribution in [0.2, 0.25) is 0 Å². The van der Waals surface area contributed by atoms with Crippen molar-refractivity contribution >= 4 is 6.29 Å². The van der Waals surface area contributed by atoms with Gasteiger partial charge in [0.1, 0.15) is 12.4 Å². The fourth-order valence-electron chi connectivity index (χ4n) is 13.0. The molecule has 12 atom stereocenters. The maximum atomic E-state index is 13.0. The summed E-state index contributed by atoms with van der Waals surface area (Å²) in [7, 11) is 3.62. The fourth-order valence-corrected chi connectivity index (χ4v) is 13.0. The molecule has 4 bridgehead atoms. The summed E-state index contributed by atoms with van der Waals surface area (Å²) in [6.45, 7) is 10.1. The number of carbonyl (C=O) groups is 1. The van der Waals surface area contributed by atoms with E-state index in [9.17, 15) is 35.4 Å². The van der Waals surface area contributed by atoms with Gasteiger partial charge in [-0.15, -0.1) is 0 Å². The Hall–Kier alpha value is -3.07. The van der Waals surface area contributed by atoms with Crippen molar-refractivity contribution in [3.63, 3.8) is 0 Å². The lowest BCUT2D eigenvalue weighted by atomic mass is 9.45. The number of ether oxygens (including phenoxy) is 2. The summed E-state index contributed by atoms with van der Waals surface area (Å²) < 4.78 is 11.7. The van der Waals surface area contributed by atoms with Gasteiger partial charge in [-0.2, -0.15) is 0 Å². The minimum atomic E-state index is -1.27. The molecule has 8 N–H and O–H groups in total. The third kappa shape index (κ3) is 11.7. The highest BCUT2D eigenvalue weighted by atomic mass is 16.5. The molecular formula is C55H82N2O9. The lowest BCUT2D eigenvalue weighted by molar-refractivity contribution is -0.194. The lowest BCUT2D eigenvalue weighted by Gasteiger charge is -2.61. The molecule has 11 heteroatoms.